The number of nitrogens with two attached hydrogens (primary N) is 1. The van der Waals surface area contributed by atoms with E-state index in [9.17, 15) is 0 Å². The van der Waals surface area contributed by atoms with Crippen molar-refractivity contribution in [3.63, 3.8) is 0 Å². The fourth-order valence-electron chi connectivity index (χ4n) is 2.27. The molecule has 0 saturated heterocycles. The lowest BCUT2D eigenvalue weighted by Crippen LogP contribution is -2.18. The lowest BCUT2D eigenvalue weighted by molar-refractivity contribution is 0.251. The molecule has 0 aliphatic heterocycles. The van der Waals surface area contributed by atoms with Crippen LogP contribution in [0, 0.1) is 11.3 Å². The molecule has 1 aliphatic carbocycles. The van der Waals surface area contributed by atoms with Crippen LogP contribution in [-0.4, -0.2) is 6.10 Å². The predicted molar refractivity (Wildman–Crippen MR) is 66.6 cm³/mol. The van der Waals surface area contributed by atoms with Crippen molar-refractivity contribution in [1.29, 1.82) is 5.26 Å². The van der Waals surface area contributed by atoms with Crippen LogP contribution in [0.1, 0.15) is 43.4 Å². The highest BCUT2D eigenvalue weighted by atomic mass is 16.5. The molecule has 3 heteroatoms. The van der Waals surface area contributed by atoms with E-state index in [1.807, 2.05) is 25.1 Å². The van der Waals surface area contributed by atoms with Crippen LogP contribution in [0.5, 0.6) is 5.75 Å². The molecule has 1 aromatic rings. The van der Waals surface area contributed by atoms with Gasteiger partial charge in [-0.3, -0.25) is 0 Å². The van der Waals surface area contributed by atoms with E-state index in [0.717, 1.165) is 25.0 Å². The molecule has 2 atom stereocenters. The third-order valence-corrected chi connectivity index (χ3v) is 3.27. The van der Waals surface area contributed by atoms with Crippen molar-refractivity contribution < 1.29 is 4.74 Å². The molecule has 2 unspecified atom stereocenters. The van der Waals surface area contributed by atoms with E-state index < -0.39 is 0 Å². The molecule has 0 aromatic heterocycles. The zero-order valence-electron chi connectivity index (χ0n) is 10.1. The van der Waals surface area contributed by atoms with Crippen LogP contribution >= 0.6 is 0 Å². The zero-order valence-corrected chi connectivity index (χ0v) is 10.1. The smallest absolute Gasteiger partial charge is 0.184 e. The number of hydrogen-bond donors (Lipinski definition) is 1. The number of fused-ring (bicyclic) bond motifs is 1. The molecule has 2 N–H and O–H groups in total. The van der Waals surface area contributed by atoms with Crippen LogP contribution in [0.4, 0.5) is 0 Å². The Hall–Kier alpha value is -1.53. The average Bonchev–Trinajstić information content (AvgIpc) is 2.36. The third kappa shape index (κ3) is 2.59. The van der Waals surface area contributed by atoms with Crippen molar-refractivity contribution >= 4 is 0 Å². The molecule has 0 saturated carbocycles. The van der Waals surface area contributed by atoms with E-state index >= 15 is 0 Å². The van der Waals surface area contributed by atoms with E-state index in [4.69, 9.17) is 15.7 Å². The molecule has 2 rings (SSSR count). The lowest BCUT2D eigenvalue weighted by Gasteiger charge is -2.23. The summed E-state index contributed by atoms with van der Waals surface area (Å²) in [5.41, 5.74) is 8.56. The summed E-state index contributed by atoms with van der Waals surface area (Å²) in [6, 6.07) is 8.30. The highest BCUT2D eigenvalue weighted by Gasteiger charge is 2.17. The monoisotopic (exact) mass is 230 g/mol. The first kappa shape index (κ1) is 11.9. The number of aryl methyl sites for hydroxylation is 1. The normalized spacial score (nSPS) is 20.2. The van der Waals surface area contributed by atoms with E-state index in [-0.39, 0.29) is 12.1 Å². The Morgan fingerprint density at radius 1 is 1.59 bits per heavy atom. The largest absolute Gasteiger partial charge is 0.476 e. The van der Waals surface area contributed by atoms with Gasteiger partial charge in [-0.1, -0.05) is 13.0 Å². The van der Waals surface area contributed by atoms with Gasteiger partial charge in [-0.25, -0.2) is 0 Å². The first-order valence-electron chi connectivity index (χ1n) is 6.19. The van der Waals surface area contributed by atoms with E-state index in [1.165, 1.54) is 11.1 Å². The highest BCUT2D eigenvalue weighted by Crippen LogP contribution is 2.30. The number of benzene rings is 1. The van der Waals surface area contributed by atoms with Crippen LogP contribution < -0.4 is 10.5 Å². The van der Waals surface area contributed by atoms with Gasteiger partial charge < -0.3 is 10.5 Å². The van der Waals surface area contributed by atoms with Gasteiger partial charge in [-0.2, -0.15) is 5.26 Å². The van der Waals surface area contributed by atoms with Crippen molar-refractivity contribution in [1.82, 2.24) is 0 Å². The summed E-state index contributed by atoms with van der Waals surface area (Å²) < 4.78 is 5.61. The number of hydrogen-bond acceptors (Lipinski definition) is 3. The second-order valence-corrected chi connectivity index (χ2v) is 4.50. The van der Waals surface area contributed by atoms with Gasteiger partial charge in [0.15, 0.2) is 6.10 Å². The fraction of sp³-hybridized carbons (Fsp3) is 0.500. The summed E-state index contributed by atoms with van der Waals surface area (Å²) in [5.74, 6) is 0.784. The minimum absolute atomic E-state index is 0.158. The quantitative estimate of drug-likeness (QED) is 0.868. The maximum Gasteiger partial charge on any atom is 0.184 e. The van der Waals surface area contributed by atoms with Gasteiger partial charge in [0.2, 0.25) is 0 Å². The van der Waals surface area contributed by atoms with Gasteiger partial charge in [-0.05, 0) is 48.9 Å². The van der Waals surface area contributed by atoms with Crippen LogP contribution in [0.25, 0.3) is 0 Å². The fourth-order valence-corrected chi connectivity index (χ4v) is 2.27. The van der Waals surface area contributed by atoms with Crippen LogP contribution in [0.2, 0.25) is 0 Å². The predicted octanol–water partition coefficient (Wildman–Crippen LogP) is 2.70. The highest BCUT2D eigenvalue weighted by molar-refractivity contribution is 5.39. The van der Waals surface area contributed by atoms with Gasteiger partial charge in [-0.15, -0.1) is 0 Å². The molecular formula is C14H18N2O. The molecule has 0 amide bonds. The average molecular weight is 230 g/mol. The summed E-state index contributed by atoms with van der Waals surface area (Å²) >= 11 is 0. The number of ether oxygens (including phenoxy) is 1. The van der Waals surface area contributed by atoms with Gasteiger partial charge in [0.25, 0.3) is 0 Å². The van der Waals surface area contributed by atoms with Crippen molar-refractivity contribution in [2.45, 2.75) is 44.8 Å². The molecular weight excluding hydrogens is 212 g/mol. The minimum atomic E-state index is -0.356. The molecule has 1 aromatic carbocycles. The number of nitriles is 1. The third-order valence-electron chi connectivity index (χ3n) is 3.27. The van der Waals surface area contributed by atoms with Crippen molar-refractivity contribution in [2.24, 2.45) is 5.73 Å². The Labute approximate surface area is 102 Å². The second kappa shape index (κ2) is 5.20. The maximum atomic E-state index is 8.87. The standard InChI is InChI=1S/C14H18N2O/c1-2-11(9-15)17-12-6-7-13-10(8-12)4-3-5-14(13)16/h6-8,11,14H,2-5,16H2,1H3. The van der Waals surface area contributed by atoms with E-state index in [1.54, 1.807) is 0 Å². The lowest BCUT2D eigenvalue weighted by atomic mass is 9.88. The van der Waals surface area contributed by atoms with Gasteiger partial charge in [0, 0.05) is 6.04 Å². The van der Waals surface area contributed by atoms with Crippen LogP contribution in [-0.2, 0) is 6.42 Å². The molecule has 90 valence electrons. The number of nitrogens with zero attached hydrogens (tertiary/aromatic N) is 1. The van der Waals surface area contributed by atoms with Crippen LogP contribution in [0.3, 0.4) is 0 Å². The first-order valence-corrected chi connectivity index (χ1v) is 6.19. The van der Waals surface area contributed by atoms with Crippen molar-refractivity contribution in [2.75, 3.05) is 0 Å². The molecule has 3 nitrogen and oxygen atoms in total. The van der Waals surface area contributed by atoms with E-state index in [0.29, 0.717) is 6.42 Å². The Bertz CT molecular complexity index is 436. The Morgan fingerprint density at radius 3 is 3.12 bits per heavy atom. The second-order valence-electron chi connectivity index (χ2n) is 4.50. The van der Waals surface area contributed by atoms with Gasteiger partial charge in [0.05, 0.1) is 0 Å². The summed E-state index contributed by atoms with van der Waals surface area (Å²) in [6.45, 7) is 1.95. The van der Waals surface area contributed by atoms with Gasteiger partial charge in [0.1, 0.15) is 11.8 Å². The summed E-state index contributed by atoms with van der Waals surface area (Å²) in [6.07, 6.45) is 3.59. The first-order chi connectivity index (χ1) is 8.24. The van der Waals surface area contributed by atoms with Crippen molar-refractivity contribution in [3.8, 4) is 11.8 Å². The molecule has 0 radical (unpaired) electrons. The molecule has 17 heavy (non-hydrogen) atoms. The summed E-state index contributed by atoms with van der Waals surface area (Å²) in [7, 11) is 0. The zero-order chi connectivity index (χ0) is 12.3. The van der Waals surface area contributed by atoms with Crippen molar-refractivity contribution in [3.05, 3.63) is 29.3 Å². The maximum absolute atomic E-state index is 8.87. The molecule has 1 aliphatic rings. The topological polar surface area (TPSA) is 59.0 Å². The minimum Gasteiger partial charge on any atom is -0.476 e. The molecule has 0 spiro atoms. The molecule has 0 heterocycles. The van der Waals surface area contributed by atoms with Gasteiger partial charge >= 0.3 is 0 Å². The van der Waals surface area contributed by atoms with E-state index in [2.05, 4.69) is 6.07 Å². The Morgan fingerprint density at radius 2 is 2.41 bits per heavy atom. The Balaban J connectivity index is 2.19. The SMILES string of the molecule is CCC(C#N)Oc1ccc2c(c1)CCCC2N. The summed E-state index contributed by atoms with van der Waals surface area (Å²) in [5, 5.41) is 8.87. The van der Waals surface area contributed by atoms with Crippen LogP contribution in [0.15, 0.2) is 18.2 Å². The molecule has 0 bridgehead atoms. The number of rotatable bonds is 3. The molecule has 0 fully saturated rings. The summed E-state index contributed by atoms with van der Waals surface area (Å²) in [4.78, 5) is 0. The Kier molecular flexibility index (Phi) is 3.65.